The molecule has 4 aromatic heterocycles. The summed E-state index contributed by atoms with van der Waals surface area (Å²) in [5, 5.41) is 3.27. The van der Waals surface area contributed by atoms with Crippen molar-refractivity contribution >= 4 is 22.7 Å². The number of allylic oxidation sites excluding steroid dienone is 1. The Labute approximate surface area is 165 Å². The van der Waals surface area contributed by atoms with E-state index in [-0.39, 0.29) is 5.56 Å². The zero-order valence-corrected chi connectivity index (χ0v) is 15.7. The average molecular weight is 391 g/mol. The smallest absolute Gasteiger partial charge is 0.247 e. The third-order valence-electron chi connectivity index (χ3n) is 4.33. The highest BCUT2D eigenvalue weighted by molar-refractivity contribution is 5.86. The van der Waals surface area contributed by atoms with E-state index in [1.165, 1.54) is 18.3 Å². The number of pyridine rings is 2. The van der Waals surface area contributed by atoms with Crippen LogP contribution in [0.2, 0.25) is 0 Å². The zero-order chi connectivity index (χ0) is 20.4. The second kappa shape index (κ2) is 7.63. The fraction of sp³-hybridized carbons (Fsp3) is 0.150. The first-order chi connectivity index (χ1) is 14.0. The molecular weight excluding hydrogens is 373 g/mol. The minimum Gasteiger partial charge on any atom is -0.368 e. The molecule has 0 aliphatic carbocycles. The minimum atomic E-state index is -0.466. The molecule has 0 saturated heterocycles. The third-order valence-corrected chi connectivity index (χ3v) is 4.33. The summed E-state index contributed by atoms with van der Waals surface area (Å²) in [6, 6.07) is 4.59. The van der Waals surface area contributed by atoms with E-state index in [2.05, 4.69) is 36.8 Å². The number of rotatable bonds is 6. The fourth-order valence-electron chi connectivity index (χ4n) is 2.89. The molecule has 8 nitrogen and oxygen atoms in total. The lowest BCUT2D eigenvalue weighted by Crippen LogP contribution is -2.10. The summed E-state index contributed by atoms with van der Waals surface area (Å²) < 4.78 is 15.4. The van der Waals surface area contributed by atoms with Crippen LogP contribution in [0, 0.1) is 5.82 Å². The average Bonchev–Trinajstić information content (AvgIpc) is 3.14. The Balaban J connectivity index is 1.70. The molecule has 4 aromatic rings. The number of fused-ring (bicyclic) bond motifs is 1. The van der Waals surface area contributed by atoms with Crippen LogP contribution in [0.25, 0.3) is 28.2 Å². The van der Waals surface area contributed by atoms with Crippen LogP contribution in [0.3, 0.4) is 0 Å². The zero-order valence-electron chi connectivity index (χ0n) is 15.7. The van der Waals surface area contributed by atoms with Crippen molar-refractivity contribution in [2.24, 2.45) is 0 Å². The van der Waals surface area contributed by atoms with Crippen LogP contribution >= 0.6 is 0 Å². The SMILES string of the molecule is C=C(C)n1cnc2c(NCCc3ccc(=O)[nH]c3)nc(-c3cncc(F)c3)nc21. The highest BCUT2D eigenvalue weighted by Crippen LogP contribution is 2.25. The quantitative estimate of drug-likeness (QED) is 0.524. The molecule has 0 spiro atoms. The van der Waals surface area contributed by atoms with Crippen molar-refractivity contribution < 1.29 is 4.39 Å². The molecule has 0 amide bonds. The predicted molar refractivity (Wildman–Crippen MR) is 109 cm³/mol. The van der Waals surface area contributed by atoms with Gasteiger partial charge in [-0.25, -0.2) is 19.3 Å². The summed E-state index contributed by atoms with van der Waals surface area (Å²) in [5.41, 5.74) is 3.20. The molecule has 0 saturated carbocycles. The van der Waals surface area contributed by atoms with Crippen molar-refractivity contribution in [1.82, 2.24) is 29.5 Å². The van der Waals surface area contributed by atoms with Gasteiger partial charge in [0.2, 0.25) is 5.56 Å². The van der Waals surface area contributed by atoms with Gasteiger partial charge < -0.3 is 10.3 Å². The molecule has 29 heavy (non-hydrogen) atoms. The van der Waals surface area contributed by atoms with E-state index >= 15 is 0 Å². The molecule has 2 N–H and O–H groups in total. The number of aromatic amines is 1. The number of H-pyrrole nitrogens is 1. The summed E-state index contributed by atoms with van der Waals surface area (Å²) in [6.07, 6.45) is 6.61. The Morgan fingerprint density at radius 3 is 2.90 bits per heavy atom. The third kappa shape index (κ3) is 3.88. The van der Waals surface area contributed by atoms with E-state index in [0.29, 0.717) is 41.3 Å². The molecule has 4 rings (SSSR count). The van der Waals surface area contributed by atoms with E-state index < -0.39 is 5.82 Å². The van der Waals surface area contributed by atoms with Crippen molar-refractivity contribution in [3.8, 4) is 11.4 Å². The Kier molecular flexibility index (Phi) is 4.86. The predicted octanol–water partition coefficient (Wildman–Crippen LogP) is 2.86. The summed E-state index contributed by atoms with van der Waals surface area (Å²) in [5.74, 6) is 0.393. The maximum Gasteiger partial charge on any atom is 0.247 e. The van der Waals surface area contributed by atoms with Gasteiger partial charge in [-0.1, -0.05) is 12.6 Å². The van der Waals surface area contributed by atoms with Crippen LogP contribution in [0.1, 0.15) is 12.5 Å². The number of nitrogens with zero attached hydrogens (tertiary/aromatic N) is 5. The van der Waals surface area contributed by atoms with Crippen molar-refractivity contribution in [1.29, 1.82) is 0 Å². The first kappa shape index (κ1) is 18.5. The van der Waals surface area contributed by atoms with Gasteiger partial charge in [-0.15, -0.1) is 0 Å². The normalized spacial score (nSPS) is 11.0. The Hall–Kier alpha value is -3.88. The largest absolute Gasteiger partial charge is 0.368 e. The highest BCUT2D eigenvalue weighted by atomic mass is 19.1. The van der Waals surface area contributed by atoms with Crippen LogP contribution in [0.4, 0.5) is 10.2 Å². The number of aromatic nitrogens is 6. The van der Waals surface area contributed by atoms with Gasteiger partial charge in [0, 0.05) is 36.3 Å². The maximum atomic E-state index is 13.6. The van der Waals surface area contributed by atoms with Gasteiger partial charge in [-0.2, -0.15) is 0 Å². The molecule has 0 fully saturated rings. The van der Waals surface area contributed by atoms with Gasteiger partial charge in [0.05, 0.1) is 6.20 Å². The first-order valence-corrected chi connectivity index (χ1v) is 8.94. The Morgan fingerprint density at radius 2 is 2.17 bits per heavy atom. The van der Waals surface area contributed by atoms with Gasteiger partial charge >= 0.3 is 0 Å². The number of hydrogen-bond acceptors (Lipinski definition) is 6. The van der Waals surface area contributed by atoms with Crippen LogP contribution in [0.5, 0.6) is 0 Å². The van der Waals surface area contributed by atoms with Gasteiger partial charge in [-0.05, 0) is 25.0 Å². The minimum absolute atomic E-state index is 0.141. The molecule has 0 atom stereocenters. The molecule has 0 aliphatic heterocycles. The van der Waals surface area contributed by atoms with Crippen LogP contribution in [0.15, 0.2) is 54.5 Å². The van der Waals surface area contributed by atoms with Gasteiger partial charge in [0.15, 0.2) is 22.8 Å². The standard InChI is InChI=1S/C20H18FN7O/c1-12(2)28-11-25-17-19(23-6-5-13-3-4-16(29)24-8-13)26-18(27-20(17)28)14-7-15(21)10-22-9-14/h3-4,7-11H,1,5-6H2,2H3,(H,24,29)(H,23,26,27). The van der Waals surface area contributed by atoms with Crippen molar-refractivity contribution in [2.45, 2.75) is 13.3 Å². The van der Waals surface area contributed by atoms with Crippen LogP contribution in [-0.4, -0.2) is 36.0 Å². The molecular formula is C20H18FN7O. The van der Waals surface area contributed by atoms with Crippen molar-refractivity contribution in [3.63, 3.8) is 0 Å². The van der Waals surface area contributed by atoms with Gasteiger partial charge in [0.25, 0.3) is 0 Å². The topological polar surface area (TPSA) is 101 Å². The van der Waals surface area contributed by atoms with Crippen LogP contribution in [-0.2, 0) is 6.42 Å². The number of anilines is 1. The summed E-state index contributed by atoms with van der Waals surface area (Å²) in [4.78, 5) is 31.2. The summed E-state index contributed by atoms with van der Waals surface area (Å²) in [7, 11) is 0. The van der Waals surface area contributed by atoms with Crippen molar-refractivity contribution in [3.05, 3.63) is 71.4 Å². The number of nitrogens with one attached hydrogen (secondary N) is 2. The summed E-state index contributed by atoms with van der Waals surface area (Å²) >= 11 is 0. The number of halogens is 1. The van der Waals surface area contributed by atoms with E-state index in [9.17, 15) is 9.18 Å². The van der Waals surface area contributed by atoms with E-state index in [1.807, 2.05) is 6.92 Å². The molecule has 0 bridgehead atoms. The molecule has 0 aliphatic rings. The maximum absolute atomic E-state index is 13.6. The second-order valence-corrected chi connectivity index (χ2v) is 6.55. The lowest BCUT2D eigenvalue weighted by Gasteiger charge is -2.10. The Morgan fingerprint density at radius 1 is 1.31 bits per heavy atom. The van der Waals surface area contributed by atoms with E-state index in [4.69, 9.17) is 0 Å². The van der Waals surface area contributed by atoms with Gasteiger partial charge in [0.1, 0.15) is 12.1 Å². The molecule has 146 valence electrons. The number of hydrogen-bond donors (Lipinski definition) is 2. The first-order valence-electron chi connectivity index (χ1n) is 8.94. The summed E-state index contributed by atoms with van der Waals surface area (Å²) in [6.45, 7) is 6.34. The lowest BCUT2D eigenvalue weighted by molar-refractivity contribution is 0.622. The molecule has 0 radical (unpaired) electrons. The molecule has 0 aromatic carbocycles. The highest BCUT2D eigenvalue weighted by Gasteiger charge is 2.15. The Bertz CT molecular complexity index is 1240. The van der Waals surface area contributed by atoms with Gasteiger partial charge in [-0.3, -0.25) is 14.3 Å². The molecule has 9 heteroatoms. The van der Waals surface area contributed by atoms with E-state index in [1.54, 1.807) is 23.2 Å². The monoisotopic (exact) mass is 391 g/mol. The van der Waals surface area contributed by atoms with Crippen molar-refractivity contribution in [2.75, 3.05) is 11.9 Å². The lowest BCUT2D eigenvalue weighted by atomic mass is 10.2. The second-order valence-electron chi connectivity index (χ2n) is 6.55. The fourth-order valence-corrected chi connectivity index (χ4v) is 2.89. The number of imidazole rings is 1. The molecule has 0 unspecified atom stereocenters. The van der Waals surface area contributed by atoms with Crippen LogP contribution < -0.4 is 10.9 Å². The van der Waals surface area contributed by atoms with E-state index in [0.717, 1.165) is 17.5 Å². The molecule has 4 heterocycles.